The van der Waals surface area contributed by atoms with E-state index in [4.69, 9.17) is 0 Å². The van der Waals surface area contributed by atoms with Crippen LogP contribution in [0.5, 0.6) is 0 Å². The van der Waals surface area contributed by atoms with Crippen LogP contribution >= 0.6 is 0 Å². The highest BCUT2D eigenvalue weighted by Crippen LogP contribution is 2.08. The molecule has 0 atom stereocenters. The van der Waals surface area contributed by atoms with Crippen molar-refractivity contribution in [3.8, 4) is 0 Å². The van der Waals surface area contributed by atoms with Crippen molar-refractivity contribution in [1.82, 2.24) is 9.55 Å². The Morgan fingerprint density at radius 3 is 2.90 bits per heavy atom. The minimum atomic E-state index is 1.06. The van der Waals surface area contributed by atoms with Crippen LogP contribution in [0.2, 0.25) is 0 Å². The van der Waals surface area contributed by atoms with E-state index in [2.05, 4.69) is 11.1 Å². The lowest BCUT2D eigenvalue weighted by molar-refractivity contribution is 0.948. The molecule has 2 heteroatoms. The molecule has 10 heavy (non-hydrogen) atoms. The monoisotopic (exact) mass is 132 g/mol. The molecule has 1 heterocycles. The van der Waals surface area contributed by atoms with Gasteiger partial charge in [-0.1, -0.05) is 12.1 Å². The molecule has 0 saturated carbocycles. The average Bonchev–Trinajstić information content (AvgIpc) is 2.34. The van der Waals surface area contributed by atoms with E-state index in [9.17, 15) is 0 Å². The van der Waals surface area contributed by atoms with E-state index in [0.717, 1.165) is 5.52 Å². The molecule has 0 aliphatic rings. The Kier molecular flexibility index (Phi) is 1.01. The minimum absolute atomic E-state index is 1.06. The summed E-state index contributed by atoms with van der Waals surface area (Å²) in [5, 5.41) is 0. The fourth-order valence-corrected chi connectivity index (χ4v) is 1.08. The summed E-state index contributed by atoms with van der Waals surface area (Å²) in [6, 6.07) is 8.08. The highest BCUT2D eigenvalue weighted by atomic mass is 15.0. The zero-order valence-electron chi connectivity index (χ0n) is 5.78. The van der Waals surface area contributed by atoms with Crippen LogP contribution in [-0.2, 0) is 7.05 Å². The summed E-state index contributed by atoms with van der Waals surface area (Å²) in [6.45, 7) is 0. The van der Waals surface area contributed by atoms with E-state index in [-0.39, 0.29) is 0 Å². The third kappa shape index (κ3) is 0.620. The molecule has 1 aromatic carbocycles. The number of rotatable bonds is 0. The maximum absolute atomic E-state index is 4.18. The SMILES string of the molecule is Cn1cnc2ccccc21. The molecule has 0 bridgehead atoms. The van der Waals surface area contributed by atoms with Crippen molar-refractivity contribution in [3.63, 3.8) is 0 Å². The van der Waals surface area contributed by atoms with E-state index in [1.807, 2.05) is 36.1 Å². The molecule has 1 aromatic heterocycles. The van der Waals surface area contributed by atoms with Gasteiger partial charge in [0.25, 0.3) is 0 Å². The van der Waals surface area contributed by atoms with Crippen LogP contribution in [0, 0.1) is 0 Å². The Labute approximate surface area is 59.1 Å². The van der Waals surface area contributed by atoms with Crippen molar-refractivity contribution in [2.75, 3.05) is 0 Å². The minimum Gasteiger partial charge on any atom is -0.334 e. The fourth-order valence-electron chi connectivity index (χ4n) is 1.08. The van der Waals surface area contributed by atoms with Crippen LogP contribution < -0.4 is 0 Å². The van der Waals surface area contributed by atoms with Crippen molar-refractivity contribution in [2.45, 2.75) is 0 Å². The molecule has 0 spiro atoms. The molecule has 2 nitrogen and oxygen atoms in total. The van der Waals surface area contributed by atoms with Gasteiger partial charge in [-0.15, -0.1) is 0 Å². The van der Waals surface area contributed by atoms with Crippen molar-refractivity contribution < 1.29 is 0 Å². The second-order valence-corrected chi connectivity index (χ2v) is 2.34. The van der Waals surface area contributed by atoms with Gasteiger partial charge in [0, 0.05) is 7.05 Å². The van der Waals surface area contributed by atoms with Crippen LogP contribution in [0.25, 0.3) is 11.0 Å². The van der Waals surface area contributed by atoms with Crippen LogP contribution in [0.15, 0.2) is 30.6 Å². The molecule has 0 aliphatic carbocycles. The molecule has 2 rings (SSSR count). The Bertz CT molecular complexity index is 349. The highest BCUT2D eigenvalue weighted by Gasteiger charge is 1.93. The normalized spacial score (nSPS) is 10.5. The summed E-state index contributed by atoms with van der Waals surface area (Å²) in [6.07, 6.45) is 1.82. The zero-order chi connectivity index (χ0) is 6.97. The van der Waals surface area contributed by atoms with E-state index in [0.29, 0.717) is 0 Å². The maximum atomic E-state index is 4.18. The molecule has 0 amide bonds. The first-order chi connectivity index (χ1) is 4.88. The molecule has 0 radical (unpaired) electrons. The largest absolute Gasteiger partial charge is 0.334 e. The van der Waals surface area contributed by atoms with Gasteiger partial charge in [0.05, 0.1) is 17.4 Å². The molecule has 0 unspecified atom stereocenters. The summed E-state index contributed by atoms with van der Waals surface area (Å²) in [7, 11) is 2.00. The second-order valence-electron chi connectivity index (χ2n) is 2.34. The molecular weight excluding hydrogens is 124 g/mol. The van der Waals surface area contributed by atoms with E-state index >= 15 is 0 Å². The number of benzene rings is 1. The van der Waals surface area contributed by atoms with Gasteiger partial charge < -0.3 is 4.57 Å². The average molecular weight is 132 g/mol. The molecule has 0 aliphatic heterocycles. The van der Waals surface area contributed by atoms with Crippen LogP contribution in [0.4, 0.5) is 0 Å². The van der Waals surface area contributed by atoms with Gasteiger partial charge in [0.15, 0.2) is 0 Å². The second kappa shape index (κ2) is 1.84. The number of imidazole rings is 1. The van der Waals surface area contributed by atoms with Crippen LogP contribution in [0.1, 0.15) is 0 Å². The van der Waals surface area contributed by atoms with Gasteiger partial charge in [-0.2, -0.15) is 0 Å². The van der Waals surface area contributed by atoms with Crippen molar-refractivity contribution in [1.29, 1.82) is 0 Å². The Morgan fingerprint density at radius 2 is 2.10 bits per heavy atom. The number of hydrogen-bond donors (Lipinski definition) is 0. The summed E-state index contributed by atoms with van der Waals surface area (Å²) in [5.74, 6) is 0. The van der Waals surface area contributed by atoms with Gasteiger partial charge >= 0.3 is 0 Å². The van der Waals surface area contributed by atoms with Crippen LogP contribution in [0.3, 0.4) is 0 Å². The predicted molar refractivity (Wildman–Crippen MR) is 40.7 cm³/mol. The summed E-state index contributed by atoms with van der Waals surface area (Å²) in [4.78, 5) is 4.18. The summed E-state index contributed by atoms with van der Waals surface area (Å²) in [5.41, 5.74) is 2.24. The first-order valence-electron chi connectivity index (χ1n) is 3.24. The topological polar surface area (TPSA) is 17.8 Å². The number of para-hydroxylation sites is 2. The van der Waals surface area contributed by atoms with Crippen molar-refractivity contribution >= 4 is 11.0 Å². The van der Waals surface area contributed by atoms with Crippen molar-refractivity contribution in [2.24, 2.45) is 7.05 Å². The number of hydrogen-bond acceptors (Lipinski definition) is 1. The Morgan fingerprint density at radius 1 is 1.30 bits per heavy atom. The zero-order valence-corrected chi connectivity index (χ0v) is 5.78. The molecule has 50 valence electrons. The molecular formula is C8H8N2. The Balaban J connectivity index is 2.93. The van der Waals surface area contributed by atoms with Gasteiger partial charge in [0.2, 0.25) is 0 Å². The number of aromatic nitrogens is 2. The molecule has 0 saturated heterocycles. The number of aryl methyl sites for hydroxylation is 1. The van der Waals surface area contributed by atoms with E-state index < -0.39 is 0 Å². The van der Waals surface area contributed by atoms with E-state index in [1.54, 1.807) is 0 Å². The lowest BCUT2D eigenvalue weighted by Gasteiger charge is -1.90. The summed E-state index contributed by atoms with van der Waals surface area (Å²) < 4.78 is 2.01. The molecule has 0 N–H and O–H groups in total. The van der Waals surface area contributed by atoms with Crippen LogP contribution in [-0.4, -0.2) is 9.55 Å². The lowest BCUT2D eigenvalue weighted by Crippen LogP contribution is -1.81. The lowest BCUT2D eigenvalue weighted by atomic mass is 10.3. The maximum Gasteiger partial charge on any atom is 0.0955 e. The third-order valence-corrected chi connectivity index (χ3v) is 1.63. The number of nitrogens with zero attached hydrogens (tertiary/aromatic N) is 2. The van der Waals surface area contributed by atoms with Gasteiger partial charge in [-0.3, -0.25) is 0 Å². The fraction of sp³-hybridized carbons (Fsp3) is 0.125. The van der Waals surface area contributed by atoms with Gasteiger partial charge in [0.1, 0.15) is 0 Å². The smallest absolute Gasteiger partial charge is 0.0955 e. The standard InChI is InChI=1S/C8H8N2/c1-10-6-9-7-4-2-3-5-8(7)10/h2-6H,1H3. The molecule has 0 fully saturated rings. The van der Waals surface area contributed by atoms with E-state index in [1.165, 1.54) is 5.52 Å². The third-order valence-electron chi connectivity index (χ3n) is 1.63. The first kappa shape index (κ1) is 5.47. The molecule has 2 aromatic rings. The van der Waals surface area contributed by atoms with Gasteiger partial charge in [-0.25, -0.2) is 4.98 Å². The predicted octanol–water partition coefficient (Wildman–Crippen LogP) is 1.57. The highest BCUT2D eigenvalue weighted by molar-refractivity contribution is 5.74. The quantitative estimate of drug-likeness (QED) is 0.532. The summed E-state index contributed by atoms with van der Waals surface area (Å²) >= 11 is 0. The van der Waals surface area contributed by atoms with Gasteiger partial charge in [-0.05, 0) is 12.1 Å². The Hall–Kier alpha value is -1.31. The number of fused-ring (bicyclic) bond motifs is 1. The van der Waals surface area contributed by atoms with Crippen molar-refractivity contribution in [3.05, 3.63) is 30.6 Å². The first-order valence-corrected chi connectivity index (χ1v) is 3.24.